The Bertz CT molecular complexity index is 643. The summed E-state index contributed by atoms with van der Waals surface area (Å²) < 4.78 is 7.65. The summed E-state index contributed by atoms with van der Waals surface area (Å²) in [6, 6.07) is 4.15. The van der Waals surface area contributed by atoms with Crippen molar-refractivity contribution in [3.63, 3.8) is 0 Å². The normalized spacial score (nSPS) is 14.5. The molecule has 0 saturated carbocycles. The lowest BCUT2D eigenvalue weighted by atomic mass is 10.0. The summed E-state index contributed by atoms with van der Waals surface area (Å²) in [5.41, 5.74) is 4.52. The smallest absolute Gasteiger partial charge is 0.0869 e. The first-order chi connectivity index (χ1) is 9.20. The molecule has 2 aromatic rings. The highest BCUT2D eigenvalue weighted by molar-refractivity contribution is 9.11. The van der Waals surface area contributed by atoms with Gasteiger partial charge in [-0.25, -0.2) is 0 Å². The summed E-state index contributed by atoms with van der Waals surface area (Å²) in [5, 5.41) is 4.60. The molecule has 19 heavy (non-hydrogen) atoms. The molecule has 0 unspecified atom stereocenters. The van der Waals surface area contributed by atoms with Crippen LogP contribution in [-0.4, -0.2) is 18.1 Å². The Balaban J connectivity index is 2.35. The topological polar surface area (TPSA) is 34.2 Å². The summed E-state index contributed by atoms with van der Waals surface area (Å²) in [7, 11) is 0. The van der Waals surface area contributed by atoms with Gasteiger partial charge in [0.25, 0.3) is 0 Å². The highest BCUT2D eigenvalue weighted by Gasteiger charge is 2.19. The Hall–Kier alpha value is -0.650. The summed E-state index contributed by atoms with van der Waals surface area (Å²) in [4.78, 5) is 4.81. The zero-order valence-corrected chi connectivity index (χ0v) is 13.8. The first kappa shape index (κ1) is 13.3. The number of hydrogen-bond donors (Lipinski definition) is 1. The lowest BCUT2D eigenvalue weighted by Crippen LogP contribution is -2.15. The van der Waals surface area contributed by atoms with Crippen molar-refractivity contribution < 1.29 is 4.74 Å². The van der Waals surface area contributed by atoms with E-state index < -0.39 is 0 Å². The van der Waals surface area contributed by atoms with Crippen LogP contribution >= 0.6 is 31.9 Å². The molecule has 1 aromatic carbocycles. The van der Waals surface area contributed by atoms with E-state index >= 15 is 0 Å². The molecular weight excluding hydrogens is 372 g/mol. The van der Waals surface area contributed by atoms with Crippen molar-refractivity contribution >= 4 is 48.5 Å². The minimum absolute atomic E-state index is 0.644. The van der Waals surface area contributed by atoms with Crippen LogP contribution in [0, 0.1) is 0 Å². The zero-order chi connectivity index (χ0) is 13.4. The van der Waals surface area contributed by atoms with E-state index in [1.54, 1.807) is 0 Å². The minimum Gasteiger partial charge on any atom is -0.384 e. The number of nitrogens with zero attached hydrogens (tertiary/aromatic N) is 1. The van der Waals surface area contributed by atoms with Gasteiger partial charge in [0.2, 0.25) is 0 Å². The standard InChI is InChI=1S/C14H14Br2N2O/c1-2-17-13-9-5-8(15)6-11(16)14(9)18-12-3-4-19-7-10(12)13/h5-6H,2-4,7H2,1H3,(H,17,18). The number of rotatable bonds is 2. The van der Waals surface area contributed by atoms with Crippen molar-refractivity contribution in [2.24, 2.45) is 0 Å². The molecule has 0 amide bonds. The molecule has 0 atom stereocenters. The van der Waals surface area contributed by atoms with Crippen LogP contribution < -0.4 is 5.32 Å². The van der Waals surface area contributed by atoms with E-state index in [1.165, 1.54) is 5.56 Å². The largest absolute Gasteiger partial charge is 0.384 e. The highest BCUT2D eigenvalue weighted by Crippen LogP contribution is 2.36. The number of pyridine rings is 1. The fourth-order valence-corrected chi connectivity index (χ4v) is 3.78. The van der Waals surface area contributed by atoms with Crippen LogP contribution in [0.15, 0.2) is 21.1 Å². The summed E-state index contributed by atoms with van der Waals surface area (Å²) in [5.74, 6) is 0. The zero-order valence-electron chi connectivity index (χ0n) is 10.6. The number of anilines is 1. The lowest BCUT2D eigenvalue weighted by molar-refractivity contribution is 0.110. The van der Waals surface area contributed by atoms with Crippen molar-refractivity contribution in [2.75, 3.05) is 18.5 Å². The Morgan fingerprint density at radius 2 is 2.21 bits per heavy atom. The van der Waals surface area contributed by atoms with Crippen LogP contribution in [-0.2, 0) is 17.8 Å². The van der Waals surface area contributed by atoms with E-state index in [2.05, 4.69) is 50.2 Å². The van der Waals surface area contributed by atoms with Gasteiger partial charge < -0.3 is 10.1 Å². The van der Waals surface area contributed by atoms with Gasteiger partial charge in [0.05, 0.1) is 30.1 Å². The van der Waals surface area contributed by atoms with Gasteiger partial charge >= 0.3 is 0 Å². The van der Waals surface area contributed by atoms with E-state index in [0.717, 1.165) is 50.8 Å². The third kappa shape index (κ3) is 2.39. The molecule has 0 aliphatic carbocycles. The van der Waals surface area contributed by atoms with Crippen LogP contribution in [0.25, 0.3) is 10.9 Å². The molecule has 0 radical (unpaired) electrons. The van der Waals surface area contributed by atoms with Crippen LogP contribution in [0.2, 0.25) is 0 Å². The van der Waals surface area contributed by atoms with Gasteiger partial charge in [-0.2, -0.15) is 0 Å². The Morgan fingerprint density at radius 1 is 1.37 bits per heavy atom. The number of nitrogens with one attached hydrogen (secondary N) is 1. The number of fused-ring (bicyclic) bond motifs is 2. The summed E-state index contributed by atoms with van der Waals surface area (Å²) in [6.07, 6.45) is 0.881. The molecule has 0 bridgehead atoms. The maximum atomic E-state index is 5.59. The molecule has 1 aliphatic heterocycles. The second kappa shape index (κ2) is 5.38. The van der Waals surface area contributed by atoms with Crippen molar-refractivity contribution in [3.05, 3.63) is 32.3 Å². The van der Waals surface area contributed by atoms with Gasteiger partial charge in [-0.3, -0.25) is 4.98 Å². The molecular formula is C14H14Br2N2O. The summed E-state index contributed by atoms with van der Waals surface area (Å²) in [6.45, 7) is 4.39. The van der Waals surface area contributed by atoms with Gasteiger partial charge in [0.15, 0.2) is 0 Å². The number of aromatic nitrogens is 1. The second-order valence-electron chi connectivity index (χ2n) is 4.53. The molecule has 1 aliphatic rings. The van der Waals surface area contributed by atoms with Crippen LogP contribution in [0.3, 0.4) is 0 Å². The quantitative estimate of drug-likeness (QED) is 0.838. The number of benzene rings is 1. The van der Waals surface area contributed by atoms with Gasteiger partial charge in [-0.1, -0.05) is 15.9 Å². The minimum atomic E-state index is 0.644. The van der Waals surface area contributed by atoms with E-state index in [1.807, 2.05) is 6.07 Å². The number of halogens is 2. The van der Waals surface area contributed by atoms with Gasteiger partial charge in [-0.05, 0) is 35.0 Å². The lowest BCUT2D eigenvalue weighted by Gasteiger charge is -2.22. The highest BCUT2D eigenvalue weighted by atomic mass is 79.9. The third-order valence-electron chi connectivity index (χ3n) is 3.28. The van der Waals surface area contributed by atoms with Crippen LogP contribution in [0.1, 0.15) is 18.2 Å². The van der Waals surface area contributed by atoms with Crippen molar-refractivity contribution in [1.82, 2.24) is 4.98 Å². The molecule has 0 saturated heterocycles. The molecule has 3 rings (SSSR count). The molecule has 3 nitrogen and oxygen atoms in total. The van der Waals surface area contributed by atoms with Gasteiger partial charge in [0, 0.05) is 32.9 Å². The van der Waals surface area contributed by atoms with Crippen LogP contribution in [0.4, 0.5) is 5.69 Å². The Labute approximate surface area is 129 Å². The molecule has 0 spiro atoms. The third-order valence-corrected chi connectivity index (χ3v) is 4.34. The van der Waals surface area contributed by atoms with E-state index in [-0.39, 0.29) is 0 Å². The summed E-state index contributed by atoms with van der Waals surface area (Å²) >= 11 is 7.16. The molecule has 0 fully saturated rings. The molecule has 1 N–H and O–H groups in total. The van der Waals surface area contributed by atoms with Crippen LogP contribution in [0.5, 0.6) is 0 Å². The molecule has 1 aromatic heterocycles. The fourth-order valence-electron chi connectivity index (χ4n) is 2.46. The maximum absolute atomic E-state index is 5.59. The van der Waals surface area contributed by atoms with Crippen molar-refractivity contribution in [3.8, 4) is 0 Å². The van der Waals surface area contributed by atoms with E-state index in [4.69, 9.17) is 9.72 Å². The van der Waals surface area contributed by atoms with Crippen molar-refractivity contribution in [1.29, 1.82) is 0 Å². The van der Waals surface area contributed by atoms with Gasteiger partial charge in [0.1, 0.15) is 0 Å². The monoisotopic (exact) mass is 384 g/mol. The first-order valence-electron chi connectivity index (χ1n) is 6.32. The Kier molecular flexibility index (Phi) is 3.78. The van der Waals surface area contributed by atoms with E-state index in [0.29, 0.717) is 6.61 Å². The van der Waals surface area contributed by atoms with Crippen molar-refractivity contribution in [2.45, 2.75) is 20.0 Å². The molecule has 100 valence electrons. The predicted molar refractivity (Wildman–Crippen MR) is 84.7 cm³/mol. The molecule has 5 heteroatoms. The number of ether oxygens (including phenoxy) is 1. The average Bonchev–Trinajstić information content (AvgIpc) is 2.40. The predicted octanol–water partition coefficient (Wildman–Crippen LogP) is 4.26. The van der Waals surface area contributed by atoms with Gasteiger partial charge in [-0.15, -0.1) is 0 Å². The SMILES string of the molecule is CCNc1c2c(nc3c(Br)cc(Br)cc13)CCOC2. The maximum Gasteiger partial charge on any atom is 0.0869 e. The first-order valence-corrected chi connectivity index (χ1v) is 7.91. The average molecular weight is 386 g/mol. The number of hydrogen-bond acceptors (Lipinski definition) is 3. The second-order valence-corrected chi connectivity index (χ2v) is 6.30. The van der Waals surface area contributed by atoms with E-state index in [9.17, 15) is 0 Å². The fraction of sp³-hybridized carbons (Fsp3) is 0.357. The Morgan fingerprint density at radius 3 is 3.00 bits per heavy atom. The molecule has 2 heterocycles.